The molecule has 1 saturated heterocycles. The van der Waals surface area contributed by atoms with Crippen LogP contribution in [0.1, 0.15) is 19.8 Å². The van der Waals surface area contributed by atoms with Gasteiger partial charge in [-0.1, -0.05) is 0 Å². The Morgan fingerprint density at radius 1 is 1.15 bits per heavy atom. The number of carboxylic acids is 1. The van der Waals surface area contributed by atoms with Gasteiger partial charge in [0.05, 0.1) is 0 Å². The fourth-order valence-electron chi connectivity index (χ4n) is 2.06. The van der Waals surface area contributed by atoms with Crippen LogP contribution in [0.25, 0.3) is 0 Å². The largest absolute Gasteiger partial charge is 0.480 e. The van der Waals surface area contributed by atoms with Crippen molar-refractivity contribution >= 4 is 17.9 Å². The highest BCUT2D eigenvalue weighted by molar-refractivity contribution is 5.82. The van der Waals surface area contributed by atoms with Crippen molar-refractivity contribution in [2.24, 2.45) is 0 Å². The molecule has 3 N–H and O–H groups in total. The van der Waals surface area contributed by atoms with Crippen LogP contribution in [0.3, 0.4) is 0 Å². The van der Waals surface area contributed by atoms with Gasteiger partial charge in [-0.3, -0.25) is 4.79 Å². The van der Waals surface area contributed by atoms with E-state index in [1.54, 1.807) is 4.90 Å². The number of amides is 3. The molecule has 0 saturated carbocycles. The van der Waals surface area contributed by atoms with E-state index in [1.165, 1.54) is 11.8 Å². The van der Waals surface area contributed by atoms with Gasteiger partial charge in [-0.05, 0) is 6.42 Å². The Morgan fingerprint density at radius 3 is 2.30 bits per heavy atom. The second kappa shape index (κ2) is 7.68. The Labute approximate surface area is 117 Å². The molecule has 0 aromatic rings. The van der Waals surface area contributed by atoms with Gasteiger partial charge in [0, 0.05) is 46.1 Å². The number of hydrogen-bond donors (Lipinski definition) is 3. The zero-order valence-electron chi connectivity index (χ0n) is 11.5. The van der Waals surface area contributed by atoms with Gasteiger partial charge in [-0.25, -0.2) is 9.59 Å². The molecule has 0 spiro atoms. The topological polar surface area (TPSA) is 110 Å². The average Bonchev–Trinajstić information content (AvgIpc) is 2.63. The lowest BCUT2D eigenvalue weighted by molar-refractivity contribution is -0.139. The van der Waals surface area contributed by atoms with Crippen LogP contribution < -0.4 is 5.32 Å². The molecule has 0 aliphatic carbocycles. The summed E-state index contributed by atoms with van der Waals surface area (Å²) in [6.07, 6.45) is 0.624. The van der Waals surface area contributed by atoms with Gasteiger partial charge in [0.15, 0.2) is 0 Å². The first-order valence-corrected chi connectivity index (χ1v) is 6.60. The molecule has 0 aromatic heterocycles. The van der Waals surface area contributed by atoms with E-state index in [4.69, 9.17) is 10.2 Å². The zero-order valence-corrected chi connectivity index (χ0v) is 11.5. The number of nitrogens with one attached hydrogen (secondary N) is 1. The summed E-state index contributed by atoms with van der Waals surface area (Å²) in [6.45, 7) is 3.06. The molecule has 1 heterocycles. The summed E-state index contributed by atoms with van der Waals surface area (Å²) in [5.41, 5.74) is 0. The fraction of sp³-hybridized carbons (Fsp3) is 0.750. The average molecular weight is 287 g/mol. The van der Waals surface area contributed by atoms with Crippen molar-refractivity contribution in [3.63, 3.8) is 0 Å². The monoisotopic (exact) mass is 287 g/mol. The maximum Gasteiger partial charge on any atom is 0.326 e. The third kappa shape index (κ3) is 4.69. The number of carbonyl (C=O) groups excluding carboxylic acids is 2. The van der Waals surface area contributed by atoms with E-state index >= 15 is 0 Å². The fourth-order valence-corrected chi connectivity index (χ4v) is 2.06. The molecule has 1 aliphatic heterocycles. The Bertz CT molecular complexity index is 374. The first-order valence-electron chi connectivity index (χ1n) is 6.60. The predicted molar refractivity (Wildman–Crippen MR) is 70.1 cm³/mol. The number of aliphatic hydroxyl groups is 1. The van der Waals surface area contributed by atoms with Gasteiger partial charge in [-0.2, -0.15) is 0 Å². The molecule has 20 heavy (non-hydrogen) atoms. The molecule has 8 nitrogen and oxygen atoms in total. The van der Waals surface area contributed by atoms with Crippen LogP contribution in [0.15, 0.2) is 0 Å². The van der Waals surface area contributed by atoms with Crippen LogP contribution in [0, 0.1) is 0 Å². The van der Waals surface area contributed by atoms with Crippen molar-refractivity contribution in [2.75, 3.05) is 32.8 Å². The summed E-state index contributed by atoms with van der Waals surface area (Å²) in [7, 11) is 0. The van der Waals surface area contributed by atoms with Crippen LogP contribution in [-0.2, 0) is 9.59 Å². The molecule has 1 rings (SSSR count). The number of nitrogens with zero attached hydrogens (tertiary/aromatic N) is 2. The van der Waals surface area contributed by atoms with Crippen molar-refractivity contribution in [3.8, 4) is 0 Å². The first kappa shape index (κ1) is 16.2. The molecule has 1 fully saturated rings. The van der Waals surface area contributed by atoms with Gasteiger partial charge in [0.1, 0.15) is 6.04 Å². The first-order chi connectivity index (χ1) is 9.45. The van der Waals surface area contributed by atoms with Crippen molar-refractivity contribution in [2.45, 2.75) is 25.8 Å². The minimum absolute atomic E-state index is 0.0315. The lowest BCUT2D eigenvalue weighted by Crippen LogP contribution is -2.49. The van der Waals surface area contributed by atoms with Crippen LogP contribution >= 0.6 is 0 Å². The normalized spacial score (nSPS) is 17.3. The standard InChI is InChI=1S/C12H21N3O5/c1-9(17)14-4-2-5-15(7-6-14)12(20)13-10(3-8-16)11(18)19/h10,16H,2-8H2,1H3,(H,13,20)(H,18,19)/t10-/m1/s1. The Kier molecular flexibility index (Phi) is 6.23. The van der Waals surface area contributed by atoms with Gasteiger partial charge in [0.25, 0.3) is 0 Å². The van der Waals surface area contributed by atoms with E-state index in [1.807, 2.05) is 0 Å². The van der Waals surface area contributed by atoms with Crippen LogP contribution in [0.5, 0.6) is 0 Å². The maximum absolute atomic E-state index is 12.0. The Morgan fingerprint density at radius 2 is 1.75 bits per heavy atom. The second-order valence-electron chi connectivity index (χ2n) is 4.70. The summed E-state index contributed by atoms with van der Waals surface area (Å²) >= 11 is 0. The van der Waals surface area contributed by atoms with E-state index in [-0.39, 0.29) is 18.9 Å². The van der Waals surface area contributed by atoms with Gasteiger partial charge in [-0.15, -0.1) is 0 Å². The number of carbonyl (C=O) groups is 3. The third-order valence-corrected chi connectivity index (χ3v) is 3.24. The molecule has 0 bridgehead atoms. The summed E-state index contributed by atoms with van der Waals surface area (Å²) < 4.78 is 0. The molecular formula is C12H21N3O5. The van der Waals surface area contributed by atoms with Crippen molar-refractivity contribution < 1.29 is 24.6 Å². The maximum atomic E-state index is 12.0. The lowest BCUT2D eigenvalue weighted by atomic mass is 10.2. The third-order valence-electron chi connectivity index (χ3n) is 3.24. The van der Waals surface area contributed by atoms with Gasteiger partial charge >= 0.3 is 12.0 Å². The summed E-state index contributed by atoms with van der Waals surface area (Å²) in [5, 5.41) is 20.1. The van der Waals surface area contributed by atoms with Crippen LogP contribution in [0.2, 0.25) is 0 Å². The van der Waals surface area contributed by atoms with E-state index in [0.29, 0.717) is 32.6 Å². The Hall–Kier alpha value is -1.83. The highest BCUT2D eigenvalue weighted by Crippen LogP contribution is 2.04. The lowest BCUT2D eigenvalue weighted by Gasteiger charge is -2.23. The molecule has 0 radical (unpaired) electrons. The van der Waals surface area contributed by atoms with E-state index < -0.39 is 18.0 Å². The second-order valence-corrected chi connectivity index (χ2v) is 4.70. The number of urea groups is 1. The minimum atomic E-state index is -1.17. The summed E-state index contributed by atoms with van der Waals surface area (Å²) in [4.78, 5) is 37.3. The molecule has 3 amide bonds. The number of aliphatic hydroxyl groups excluding tert-OH is 1. The molecular weight excluding hydrogens is 266 g/mol. The number of hydrogen-bond acceptors (Lipinski definition) is 4. The molecule has 8 heteroatoms. The molecule has 1 atom stereocenters. The number of aliphatic carboxylic acids is 1. The van der Waals surface area contributed by atoms with Gasteiger partial charge in [0.2, 0.25) is 5.91 Å². The van der Waals surface area contributed by atoms with E-state index in [0.717, 1.165) is 0 Å². The number of rotatable bonds is 4. The quantitative estimate of drug-likeness (QED) is 0.620. The zero-order chi connectivity index (χ0) is 15.1. The van der Waals surface area contributed by atoms with Crippen LogP contribution in [0.4, 0.5) is 4.79 Å². The van der Waals surface area contributed by atoms with E-state index in [2.05, 4.69) is 5.32 Å². The van der Waals surface area contributed by atoms with Crippen LogP contribution in [-0.4, -0.2) is 76.7 Å². The molecule has 114 valence electrons. The highest BCUT2D eigenvalue weighted by Gasteiger charge is 2.24. The SMILES string of the molecule is CC(=O)N1CCCN(C(=O)N[C@H](CCO)C(=O)O)CC1. The van der Waals surface area contributed by atoms with Gasteiger partial charge < -0.3 is 25.3 Å². The molecule has 1 aliphatic rings. The summed E-state index contributed by atoms with van der Waals surface area (Å²) in [6, 6.07) is -1.57. The number of carboxylic acid groups (broad SMARTS) is 1. The molecule has 0 unspecified atom stereocenters. The van der Waals surface area contributed by atoms with Crippen molar-refractivity contribution in [1.82, 2.24) is 15.1 Å². The predicted octanol–water partition coefficient (Wildman–Crippen LogP) is -0.914. The van der Waals surface area contributed by atoms with E-state index in [9.17, 15) is 14.4 Å². The summed E-state index contributed by atoms with van der Waals surface area (Å²) in [5.74, 6) is -1.21. The minimum Gasteiger partial charge on any atom is -0.480 e. The highest BCUT2D eigenvalue weighted by atomic mass is 16.4. The smallest absolute Gasteiger partial charge is 0.326 e. The van der Waals surface area contributed by atoms with Crippen molar-refractivity contribution in [3.05, 3.63) is 0 Å². The van der Waals surface area contributed by atoms with Crippen molar-refractivity contribution in [1.29, 1.82) is 0 Å². The Balaban J connectivity index is 2.54. The molecule has 0 aromatic carbocycles.